The minimum absolute atomic E-state index is 0.637. The Hall–Kier alpha value is -1.09. The quantitative estimate of drug-likeness (QED) is 0.751. The maximum Gasteiger partial charge on any atom is 0.0677 e. The first-order valence-corrected chi connectivity index (χ1v) is 5.27. The fourth-order valence-corrected chi connectivity index (χ4v) is 1.72. The van der Waals surface area contributed by atoms with E-state index >= 15 is 0 Å². The van der Waals surface area contributed by atoms with Gasteiger partial charge in [0, 0.05) is 19.2 Å². The SMILES string of the molecule is C=CCCC(C)(O)Cc1cc(C)nn1C. The topological polar surface area (TPSA) is 38.1 Å². The highest BCUT2D eigenvalue weighted by atomic mass is 16.3. The minimum Gasteiger partial charge on any atom is -0.390 e. The fourth-order valence-electron chi connectivity index (χ4n) is 1.72. The van der Waals surface area contributed by atoms with Gasteiger partial charge in [-0.2, -0.15) is 5.10 Å². The van der Waals surface area contributed by atoms with Crippen LogP contribution in [0.2, 0.25) is 0 Å². The highest BCUT2D eigenvalue weighted by Crippen LogP contribution is 2.19. The Kier molecular flexibility index (Phi) is 3.69. The molecule has 1 aromatic rings. The first kappa shape index (κ1) is 12.0. The Labute approximate surface area is 91.4 Å². The summed E-state index contributed by atoms with van der Waals surface area (Å²) in [5.74, 6) is 0. The van der Waals surface area contributed by atoms with Crippen molar-refractivity contribution in [1.82, 2.24) is 9.78 Å². The van der Waals surface area contributed by atoms with Crippen molar-refractivity contribution in [1.29, 1.82) is 0 Å². The first-order chi connectivity index (χ1) is 6.94. The molecule has 1 unspecified atom stereocenters. The highest BCUT2D eigenvalue weighted by Gasteiger charge is 2.21. The van der Waals surface area contributed by atoms with Crippen LogP contribution in [0.5, 0.6) is 0 Å². The molecule has 0 amide bonds. The molecule has 0 saturated heterocycles. The second-order valence-electron chi connectivity index (χ2n) is 4.40. The van der Waals surface area contributed by atoms with Crippen molar-refractivity contribution in [3.8, 4) is 0 Å². The van der Waals surface area contributed by atoms with Crippen molar-refractivity contribution >= 4 is 0 Å². The molecule has 0 saturated carbocycles. The molecule has 1 N–H and O–H groups in total. The predicted octanol–water partition coefficient (Wildman–Crippen LogP) is 1.99. The molecule has 0 aliphatic heterocycles. The standard InChI is InChI=1S/C12H20N2O/c1-5-6-7-12(3,15)9-11-8-10(2)13-14(11)4/h5,8,15H,1,6-7,9H2,2-4H3. The summed E-state index contributed by atoms with van der Waals surface area (Å²) in [7, 11) is 1.91. The molecule has 84 valence electrons. The molecule has 0 bridgehead atoms. The molecule has 3 nitrogen and oxygen atoms in total. The number of hydrogen-bond donors (Lipinski definition) is 1. The molecule has 0 spiro atoms. The second-order valence-corrected chi connectivity index (χ2v) is 4.40. The largest absolute Gasteiger partial charge is 0.390 e. The van der Waals surface area contributed by atoms with E-state index in [1.165, 1.54) is 0 Å². The van der Waals surface area contributed by atoms with Crippen molar-refractivity contribution in [2.45, 2.75) is 38.7 Å². The van der Waals surface area contributed by atoms with Gasteiger partial charge in [0.1, 0.15) is 0 Å². The summed E-state index contributed by atoms with van der Waals surface area (Å²) in [5, 5.41) is 14.4. The zero-order valence-electron chi connectivity index (χ0n) is 9.82. The Bertz CT molecular complexity index is 339. The summed E-state index contributed by atoms with van der Waals surface area (Å²) in [4.78, 5) is 0. The monoisotopic (exact) mass is 208 g/mol. The van der Waals surface area contributed by atoms with Crippen molar-refractivity contribution in [3.63, 3.8) is 0 Å². The Morgan fingerprint density at radius 2 is 2.33 bits per heavy atom. The molecule has 0 aliphatic rings. The Morgan fingerprint density at radius 3 is 2.80 bits per heavy atom. The average Bonchev–Trinajstić information content (AvgIpc) is 2.41. The Morgan fingerprint density at radius 1 is 1.67 bits per heavy atom. The van der Waals surface area contributed by atoms with Crippen LogP contribution in [0.3, 0.4) is 0 Å². The van der Waals surface area contributed by atoms with Crippen LogP contribution in [0, 0.1) is 6.92 Å². The van der Waals surface area contributed by atoms with Crippen LogP contribution in [0.15, 0.2) is 18.7 Å². The van der Waals surface area contributed by atoms with Crippen LogP contribution >= 0.6 is 0 Å². The van der Waals surface area contributed by atoms with E-state index < -0.39 is 5.60 Å². The smallest absolute Gasteiger partial charge is 0.0677 e. The molecule has 0 radical (unpaired) electrons. The van der Waals surface area contributed by atoms with Gasteiger partial charge in [0.2, 0.25) is 0 Å². The molecule has 3 heteroatoms. The zero-order valence-corrected chi connectivity index (χ0v) is 9.82. The summed E-state index contributed by atoms with van der Waals surface area (Å²) < 4.78 is 1.83. The number of aromatic nitrogens is 2. The van der Waals surface area contributed by atoms with Gasteiger partial charge in [0.25, 0.3) is 0 Å². The van der Waals surface area contributed by atoms with E-state index in [1.807, 2.05) is 37.7 Å². The van der Waals surface area contributed by atoms with E-state index in [2.05, 4.69) is 11.7 Å². The van der Waals surface area contributed by atoms with Crippen LogP contribution in [0.4, 0.5) is 0 Å². The molecule has 1 atom stereocenters. The Balaban J connectivity index is 2.67. The summed E-state index contributed by atoms with van der Waals surface area (Å²) in [5.41, 5.74) is 1.39. The average molecular weight is 208 g/mol. The molecule has 15 heavy (non-hydrogen) atoms. The number of aliphatic hydroxyl groups is 1. The summed E-state index contributed by atoms with van der Waals surface area (Å²) in [6, 6.07) is 2.02. The van der Waals surface area contributed by atoms with E-state index in [1.54, 1.807) is 0 Å². The third-order valence-corrected chi connectivity index (χ3v) is 2.55. The van der Waals surface area contributed by atoms with Gasteiger partial charge in [-0.05, 0) is 32.8 Å². The van der Waals surface area contributed by atoms with E-state index in [4.69, 9.17) is 0 Å². The van der Waals surface area contributed by atoms with Gasteiger partial charge in [0.15, 0.2) is 0 Å². The lowest BCUT2D eigenvalue weighted by Gasteiger charge is -2.22. The third-order valence-electron chi connectivity index (χ3n) is 2.55. The van der Waals surface area contributed by atoms with Gasteiger partial charge < -0.3 is 5.11 Å². The molecule has 0 aromatic carbocycles. The molecule has 1 heterocycles. The molecule has 1 aromatic heterocycles. The summed E-state index contributed by atoms with van der Waals surface area (Å²) >= 11 is 0. The maximum absolute atomic E-state index is 10.1. The van der Waals surface area contributed by atoms with Gasteiger partial charge in [-0.15, -0.1) is 6.58 Å². The van der Waals surface area contributed by atoms with Crippen LogP contribution in [0.1, 0.15) is 31.2 Å². The van der Waals surface area contributed by atoms with Crippen molar-refractivity contribution in [2.75, 3.05) is 0 Å². The maximum atomic E-state index is 10.1. The number of rotatable bonds is 5. The molecule has 0 aliphatic carbocycles. The van der Waals surface area contributed by atoms with E-state index in [0.29, 0.717) is 6.42 Å². The lowest BCUT2D eigenvalue weighted by atomic mass is 9.94. The number of aryl methyl sites for hydroxylation is 2. The fraction of sp³-hybridized carbons (Fsp3) is 0.583. The van der Waals surface area contributed by atoms with Gasteiger partial charge in [-0.3, -0.25) is 4.68 Å². The second kappa shape index (κ2) is 4.62. The van der Waals surface area contributed by atoms with Gasteiger partial charge in [-0.25, -0.2) is 0 Å². The van der Waals surface area contributed by atoms with Gasteiger partial charge in [-0.1, -0.05) is 6.08 Å². The normalized spacial score (nSPS) is 14.9. The minimum atomic E-state index is -0.672. The first-order valence-electron chi connectivity index (χ1n) is 5.27. The van der Waals surface area contributed by atoms with Gasteiger partial charge in [0.05, 0.1) is 11.3 Å². The zero-order chi connectivity index (χ0) is 11.5. The highest BCUT2D eigenvalue weighted by molar-refractivity contribution is 5.11. The van der Waals surface area contributed by atoms with Crippen molar-refractivity contribution < 1.29 is 5.11 Å². The molecule has 0 fully saturated rings. The van der Waals surface area contributed by atoms with Crippen molar-refractivity contribution in [3.05, 3.63) is 30.1 Å². The van der Waals surface area contributed by atoms with Crippen LogP contribution in [0.25, 0.3) is 0 Å². The molecule has 1 rings (SSSR count). The summed E-state index contributed by atoms with van der Waals surface area (Å²) in [6.45, 7) is 7.48. The van der Waals surface area contributed by atoms with E-state index in [0.717, 1.165) is 24.2 Å². The lowest BCUT2D eigenvalue weighted by Crippen LogP contribution is -2.28. The number of nitrogens with zero attached hydrogens (tertiary/aromatic N) is 2. The number of allylic oxidation sites excluding steroid dienone is 1. The lowest BCUT2D eigenvalue weighted by molar-refractivity contribution is 0.0504. The number of hydrogen-bond acceptors (Lipinski definition) is 2. The third kappa shape index (κ3) is 3.51. The van der Waals surface area contributed by atoms with Crippen LogP contribution in [-0.4, -0.2) is 20.5 Å². The molecular formula is C12H20N2O. The van der Waals surface area contributed by atoms with Gasteiger partial charge >= 0.3 is 0 Å². The summed E-state index contributed by atoms with van der Waals surface area (Å²) in [6.07, 6.45) is 4.05. The van der Waals surface area contributed by atoms with E-state index in [-0.39, 0.29) is 0 Å². The van der Waals surface area contributed by atoms with Crippen LogP contribution < -0.4 is 0 Å². The van der Waals surface area contributed by atoms with Crippen molar-refractivity contribution in [2.24, 2.45) is 7.05 Å². The van der Waals surface area contributed by atoms with E-state index in [9.17, 15) is 5.11 Å². The van der Waals surface area contributed by atoms with Crippen LogP contribution in [-0.2, 0) is 13.5 Å². The predicted molar refractivity (Wildman–Crippen MR) is 61.7 cm³/mol. The molecular weight excluding hydrogens is 188 g/mol.